The first-order valence-corrected chi connectivity index (χ1v) is 12.4. The third kappa shape index (κ3) is 3.47. The molecule has 0 bridgehead atoms. The van der Waals surface area contributed by atoms with Crippen molar-refractivity contribution in [3.05, 3.63) is 88.1 Å². The summed E-state index contributed by atoms with van der Waals surface area (Å²) in [5.41, 5.74) is 4.36. The minimum Gasteiger partial charge on any atom is -0.396 e. The van der Waals surface area contributed by atoms with E-state index in [2.05, 4.69) is 22.4 Å². The highest BCUT2D eigenvalue weighted by atomic mass is 16.3. The Morgan fingerprint density at radius 2 is 1.75 bits per heavy atom. The zero-order valence-electron chi connectivity index (χ0n) is 20.0. The quantitative estimate of drug-likeness (QED) is 0.587. The van der Waals surface area contributed by atoms with Crippen LogP contribution in [0.25, 0.3) is 11.1 Å². The highest BCUT2D eigenvalue weighted by Crippen LogP contribution is 2.49. The van der Waals surface area contributed by atoms with Crippen LogP contribution in [0.1, 0.15) is 29.8 Å². The Bertz CT molecular complexity index is 1380. The maximum atomic E-state index is 13.6. The molecule has 1 aliphatic carbocycles. The highest BCUT2D eigenvalue weighted by molar-refractivity contribution is 5.89. The standard InChI is InChI=1S/C28H28N4O4/c1-16(34)32-25-22(14-31-24(25)7-6-21(28(31)36)17-8-10-29-11-9-17)23(15-33)26(32)27(35)30-20-12-18-4-2-3-5-19(18)13-20/h2-11,20,22-23,25-26,33H,12-15H2,1H3,(H,30,35)/t22-,23-,25+,26-/m1/s1. The summed E-state index contributed by atoms with van der Waals surface area (Å²) < 4.78 is 1.70. The van der Waals surface area contributed by atoms with E-state index in [-0.39, 0.29) is 35.9 Å². The second-order valence-electron chi connectivity index (χ2n) is 10.0. The van der Waals surface area contributed by atoms with Crippen LogP contribution in [0.2, 0.25) is 0 Å². The topological polar surface area (TPSA) is 105 Å². The van der Waals surface area contributed by atoms with Gasteiger partial charge in [-0.1, -0.05) is 24.3 Å². The summed E-state index contributed by atoms with van der Waals surface area (Å²) in [7, 11) is 0. The van der Waals surface area contributed by atoms with Gasteiger partial charge in [-0.05, 0) is 53.8 Å². The molecule has 0 radical (unpaired) electrons. The summed E-state index contributed by atoms with van der Waals surface area (Å²) in [6.07, 6.45) is 4.79. The van der Waals surface area contributed by atoms with E-state index < -0.39 is 18.0 Å². The fourth-order valence-electron chi connectivity index (χ4n) is 6.55. The lowest BCUT2D eigenvalue weighted by Crippen LogP contribution is -2.52. The molecule has 3 aromatic rings. The van der Waals surface area contributed by atoms with Gasteiger partial charge in [-0.3, -0.25) is 19.4 Å². The van der Waals surface area contributed by atoms with Gasteiger partial charge in [-0.25, -0.2) is 0 Å². The van der Waals surface area contributed by atoms with Crippen molar-refractivity contribution in [1.82, 2.24) is 19.8 Å². The van der Waals surface area contributed by atoms with Crippen LogP contribution in [-0.4, -0.2) is 50.1 Å². The van der Waals surface area contributed by atoms with Crippen LogP contribution in [-0.2, 0) is 29.0 Å². The Balaban J connectivity index is 1.31. The van der Waals surface area contributed by atoms with E-state index in [9.17, 15) is 19.5 Å². The number of pyridine rings is 2. The number of hydrogen-bond donors (Lipinski definition) is 2. The van der Waals surface area contributed by atoms with Crippen LogP contribution >= 0.6 is 0 Å². The second-order valence-corrected chi connectivity index (χ2v) is 10.0. The minimum atomic E-state index is -0.782. The molecule has 0 saturated carbocycles. The van der Waals surface area contributed by atoms with Gasteiger partial charge in [0.15, 0.2) is 0 Å². The summed E-state index contributed by atoms with van der Waals surface area (Å²) in [6, 6.07) is 14.1. The van der Waals surface area contributed by atoms with Gasteiger partial charge in [0.1, 0.15) is 6.04 Å². The molecule has 0 spiro atoms. The normalized spacial score (nSPS) is 24.3. The predicted octanol–water partition coefficient (Wildman–Crippen LogP) is 1.70. The number of aliphatic hydroxyl groups is 1. The van der Waals surface area contributed by atoms with Crippen molar-refractivity contribution >= 4 is 11.8 Å². The molecule has 2 aliphatic heterocycles. The lowest BCUT2D eigenvalue weighted by molar-refractivity contribution is -0.140. The lowest BCUT2D eigenvalue weighted by Gasteiger charge is -2.31. The third-order valence-corrected chi connectivity index (χ3v) is 8.10. The number of rotatable bonds is 4. The summed E-state index contributed by atoms with van der Waals surface area (Å²) in [5, 5.41) is 13.6. The zero-order chi connectivity index (χ0) is 25.0. The van der Waals surface area contributed by atoms with E-state index in [0.717, 1.165) is 18.4 Å². The van der Waals surface area contributed by atoms with Gasteiger partial charge in [0, 0.05) is 61.6 Å². The molecule has 4 heterocycles. The fourth-order valence-corrected chi connectivity index (χ4v) is 6.55. The van der Waals surface area contributed by atoms with Crippen molar-refractivity contribution in [1.29, 1.82) is 0 Å². The number of carbonyl (C=O) groups excluding carboxylic acids is 2. The molecule has 1 fully saturated rings. The third-order valence-electron chi connectivity index (χ3n) is 8.10. The van der Waals surface area contributed by atoms with Crippen LogP contribution < -0.4 is 10.9 Å². The van der Waals surface area contributed by atoms with Gasteiger partial charge in [0.25, 0.3) is 5.56 Å². The second kappa shape index (κ2) is 8.71. The average molecular weight is 485 g/mol. The maximum Gasteiger partial charge on any atom is 0.258 e. The molecule has 2 amide bonds. The molecule has 1 aromatic carbocycles. The highest BCUT2D eigenvalue weighted by Gasteiger charge is 2.56. The van der Waals surface area contributed by atoms with Crippen molar-refractivity contribution in [2.24, 2.45) is 11.8 Å². The number of likely N-dealkylation sites (tertiary alicyclic amines) is 1. The first kappa shape index (κ1) is 22.7. The molecule has 36 heavy (non-hydrogen) atoms. The Kier molecular flexibility index (Phi) is 5.48. The molecular formula is C28H28N4O4. The number of aliphatic hydroxyl groups excluding tert-OH is 1. The van der Waals surface area contributed by atoms with E-state index >= 15 is 0 Å². The number of amides is 2. The van der Waals surface area contributed by atoms with Crippen molar-refractivity contribution < 1.29 is 14.7 Å². The molecule has 184 valence electrons. The van der Waals surface area contributed by atoms with Crippen LogP contribution in [0, 0.1) is 11.8 Å². The van der Waals surface area contributed by atoms with E-state index in [4.69, 9.17) is 0 Å². The molecule has 8 nitrogen and oxygen atoms in total. The van der Waals surface area contributed by atoms with Crippen LogP contribution in [0.15, 0.2) is 65.7 Å². The molecule has 2 N–H and O–H groups in total. The van der Waals surface area contributed by atoms with Gasteiger partial charge >= 0.3 is 0 Å². The Morgan fingerprint density at radius 3 is 2.39 bits per heavy atom. The molecule has 0 unspecified atom stereocenters. The fraction of sp³-hybridized carbons (Fsp3) is 0.357. The number of fused-ring (bicyclic) bond motifs is 4. The summed E-state index contributed by atoms with van der Waals surface area (Å²) in [4.78, 5) is 45.6. The van der Waals surface area contributed by atoms with Crippen LogP contribution in [0.5, 0.6) is 0 Å². The number of aromatic nitrogens is 2. The van der Waals surface area contributed by atoms with Gasteiger partial charge < -0.3 is 19.9 Å². The number of carbonyl (C=O) groups is 2. The zero-order valence-corrected chi connectivity index (χ0v) is 20.0. The molecular weight excluding hydrogens is 456 g/mol. The Morgan fingerprint density at radius 1 is 1.06 bits per heavy atom. The van der Waals surface area contributed by atoms with Crippen molar-refractivity contribution in [3.8, 4) is 11.1 Å². The SMILES string of the molecule is CC(=O)N1[C@@H]2c3ccc(-c4ccncc4)c(=O)n3C[C@@H]2[C@@H](CO)[C@@H]1C(=O)NC1Cc2ccccc2C1. The first-order chi connectivity index (χ1) is 17.5. The Hall–Kier alpha value is -3.78. The van der Waals surface area contributed by atoms with Gasteiger partial charge in [0.05, 0.1) is 6.04 Å². The molecule has 4 atom stereocenters. The molecule has 3 aliphatic rings. The smallest absolute Gasteiger partial charge is 0.258 e. The average Bonchev–Trinajstić information content (AvgIpc) is 3.55. The van der Waals surface area contributed by atoms with E-state index in [1.807, 2.05) is 18.2 Å². The molecule has 2 aromatic heterocycles. The van der Waals surface area contributed by atoms with E-state index in [1.165, 1.54) is 18.1 Å². The van der Waals surface area contributed by atoms with Gasteiger partial charge in [-0.2, -0.15) is 0 Å². The van der Waals surface area contributed by atoms with Gasteiger partial charge in [0.2, 0.25) is 11.8 Å². The largest absolute Gasteiger partial charge is 0.396 e. The number of benzene rings is 1. The first-order valence-electron chi connectivity index (χ1n) is 12.4. The number of nitrogens with one attached hydrogen (secondary N) is 1. The molecule has 6 rings (SSSR count). The minimum absolute atomic E-state index is 0.0404. The monoisotopic (exact) mass is 484 g/mol. The van der Waals surface area contributed by atoms with Crippen molar-refractivity contribution in [3.63, 3.8) is 0 Å². The van der Waals surface area contributed by atoms with Crippen molar-refractivity contribution in [2.45, 2.75) is 44.4 Å². The predicted molar refractivity (Wildman–Crippen MR) is 133 cm³/mol. The van der Waals surface area contributed by atoms with Crippen molar-refractivity contribution in [2.75, 3.05) is 6.61 Å². The molecule has 8 heteroatoms. The Labute approximate surface area is 208 Å². The van der Waals surface area contributed by atoms with Crippen LogP contribution in [0.3, 0.4) is 0 Å². The maximum absolute atomic E-state index is 13.6. The van der Waals surface area contributed by atoms with Gasteiger partial charge in [-0.15, -0.1) is 0 Å². The lowest BCUT2D eigenvalue weighted by atomic mass is 9.88. The molecule has 1 saturated heterocycles. The summed E-state index contributed by atoms with van der Waals surface area (Å²) in [6.45, 7) is 1.56. The summed E-state index contributed by atoms with van der Waals surface area (Å²) >= 11 is 0. The van der Waals surface area contributed by atoms with Crippen LogP contribution in [0.4, 0.5) is 0 Å². The number of hydrogen-bond acceptors (Lipinski definition) is 5. The summed E-state index contributed by atoms with van der Waals surface area (Å²) in [5.74, 6) is -1.17. The van der Waals surface area contributed by atoms with E-state index in [1.54, 1.807) is 40.1 Å². The number of nitrogens with zero attached hydrogens (tertiary/aromatic N) is 3. The van der Waals surface area contributed by atoms with E-state index in [0.29, 0.717) is 17.8 Å².